The molecule has 146 valence electrons. The lowest BCUT2D eigenvalue weighted by Gasteiger charge is -2.29. The van der Waals surface area contributed by atoms with Crippen molar-refractivity contribution < 1.29 is 31.9 Å². The molecule has 1 aliphatic heterocycles. The Balaban J connectivity index is 1.94. The Hall–Kier alpha value is -3.43. The zero-order valence-electron chi connectivity index (χ0n) is 14.1. The van der Waals surface area contributed by atoms with Crippen LogP contribution in [0.2, 0.25) is 0 Å². The lowest BCUT2D eigenvalue weighted by atomic mass is 10.1. The molecule has 2 aromatic carbocycles. The van der Waals surface area contributed by atoms with Crippen LogP contribution in [0.5, 0.6) is 0 Å². The molecule has 0 radical (unpaired) electrons. The fourth-order valence-electron chi connectivity index (χ4n) is 2.76. The Bertz CT molecular complexity index is 933. The number of nitrogens with zero attached hydrogens (tertiary/aromatic N) is 1. The number of hydrogen-bond acceptors (Lipinski definition) is 3. The van der Waals surface area contributed by atoms with Crippen molar-refractivity contribution in [3.05, 3.63) is 66.0 Å². The second kappa shape index (κ2) is 6.95. The smallest absolute Gasteiger partial charge is 0.318 e. The molecule has 3 rings (SSSR count). The highest BCUT2D eigenvalue weighted by atomic mass is 19.4. The Morgan fingerprint density at radius 3 is 2.25 bits per heavy atom. The number of alkyl halides is 3. The molecular weight excluding hydrogens is 382 g/mol. The van der Waals surface area contributed by atoms with Crippen LogP contribution in [0.15, 0.2) is 54.6 Å². The number of amides is 4. The van der Waals surface area contributed by atoms with E-state index in [-0.39, 0.29) is 4.90 Å². The van der Waals surface area contributed by atoms with Crippen molar-refractivity contribution in [2.24, 2.45) is 0 Å². The SMILES string of the molecule is O=C(Cc1ccccc1)NC1(C(F)(F)F)NC(=O)N(c2ccccc2F)C1=O. The van der Waals surface area contributed by atoms with Crippen molar-refractivity contribution >= 4 is 23.5 Å². The summed E-state index contributed by atoms with van der Waals surface area (Å²) in [5.41, 5.74) is -3.95. The van der Waals surface area contributed by atoms with Crippen LogP contribution in [0.1, 0.15) is 5.56 Å². The topological polar surface area (TPSA) is 78.5 Å². The Kier molecular flexibility index (Phi) is 4.80. The third kappa shape index (κ3) is 3.28. The summed E-state index contributed by atoms with van der Waals surface area (Å²) in [6.45, 7) is 0. The molecule has 6 nitrogen and oxygen atoms in total. The molecular formula is C18H13F4N3O3. The summed E-state index contributed by atoms with van der Waals surface area (Å²) < 4.78 is 55.2. The van der Waals surface area contributed by atoms with Crippen LogP contribution in [0, 0.1) is 5.82 Å². The number of carbonyl (C=O) groups excluding carboxylic acids is 3. The van der Waals surface area contributed by atoms with Crippen molar-refractivity contribution in [3.8, 4) is 0 Å². The first-order valence-electron chi connectivity index (χ1n) is 7.98. The summed E-state index contributed by atoms with van der Waals surface area (Å²) in [6.07, 6.45) is -5.83. The summed E-state index contributed by atoms with van der Waals surface area (Å²) in [5, 5.41) is 3.03. The van der Waals surface area contributed by atoms with E-state index in [4.69, 9.17) is 0 Å². The molecule has 1 aliphatic rings. The number of halogens is 4. The van der Waals surface area contributed by atoms with Crippen LogP contribution in [-0.2, 0) is 16.0 Å². The van der Waals surface area contributed by atoms with E-state index < -0.39 is 47.6 Å². The minimum atomic E-state index is -5.37. The predicted molar refractivity (Wildman–Crippen MR) is 89.5 cm³/mol. The van der Waals surface area contributed by atoms with Gasteiger partial charge in [0.05, 0.1) is 12.1 Å². The van der Waals surface area contributed by atoms with E-state index in [1.54, 1.807) is 23.5 Å². The zero-order chi connectivity index (χ0) is 20.5. The van der Waals surface area contributed by atoms with Gasteiger partial charge in [0.15, 0.2) is 0 Å². The minimum Gasteiger partial charge on any atom is -0.318 e. The first kappa shape index (κ1) is 19.3. The minimum absolute atomic E-state index is 0.0195. The predicted octanol–water partition coefficient (Wildman–Crippen LogP) is 2.50. The standard InChI is InChI=1S/C18H13F4N3O3/c19-12-8-4-5-9-13(12)25-15(27)17(18(20,21)22,24-16(25)28)23-14(26)10-11-6-2-1-3-7-11/h1-9H,10H2,(H,23,26)(H,24,28). The number of benzene rings is 2. The molecule has 0 bridgehead atoms. The maximum atomic E-state index is 13.9. The quantitative estimate of drug-likeness (QED) is 0.617. The van der Waals surface area contributed by atoms with E-state index in [1.165, 1.54) is 29.6 Å². The first-order chi connectivity index (χ1) is 13.2. The van der Waals surface area contributed by atoms with Crippen molar-refractivity contribution in [3.63, 3.8) is 0 Å². The van der Waals surface area contributed by atoms with Gasteiger partial charge in [0.25, 0.3) is 11.6 Å². The maximum Gasteiger partial charge on any atom is 0.440 e. The Morgan fingerprint density at radius 2 is 1.64 bits per heavy atom. The highest BCUT2D eigenvalue weighted by Crippen LogP contribution is 2.36. The van der Waals surface area contributed by atoms with Gasteiger partial charge in [0.2, 0.25) is 5.91 Å². The second-order valence-electron chi connectivity index (χ2n) is 5.98. The molecule has 2 N–H and O–H groups in total. The second-order valence-corrected chi connectivity index (χ2v) is 5.98. The molecule has 1 fully saturated rings. The molecule has 10 heteroatoms. The largest absolute Gasteiger partial charge is 0.440 e. The van der Waals surface area contributed by atoms with E-state index in [1.807, 2.05) is 0 Å². The number of urea groups is 1. The van der Waals surface area contributed by atoms with Crippen LogP contribution in [0.3, 0.4) is 0 Å². The first-order valence-corrected chi connectivity index (χ1v) is 7.98. The third-order valence-corrected chi connectivity index (χ3v) is 4.07. The molecule has 28 heavy (non-hydrogen) atoms. The Morgan fingerprint density at radius 1 is 1.04 bits per heavy atom. The van der Waals surface area contributed by atoms with Crippen molar-refractivity contribution in [1.82, 2.24) is 10.6 Å². The van der Waals surface area contributed by atoms with Crippen LogP contribution >= 0.6 is 0 Å². The summed E-state index contributed by atoms with van der Waals surface area (Å²) in [5.74, 6) is -4.07. The van der Waals surface area contributed by atoms with Gasteiger partial charge in [-0.15, -0.1) is 0 Å². The summed E-state index contributed by atoms with van der Waals surface area (Å²) >= 11 is 0. The normalized spacial score (nSPS) is 19.5. The fourth-order valence-corrected chi connectivity index (χ4v) is 2.76. The van der Waals surface area contributed by atoms with E-state index in [0.717, 1.165) is 12.1 Å². The highest BCUT2D eigenvalue weighted by molar-refractivity contribution is 6.24. The number of para-hydroxylation sites is 1. The summed E-state index contributed by atoms with van der Waals surface area (Å²) in [6, 6.07) is 10.7. The van der Waals surface area contributed by atoms with Crippen LogP contribution in [0.4, 0.5) is 28.0 Å². The van der Waals surface area contributed by atoms with Gasteiger partial charge in [-0.2, -0.15) is 13.2 Å². The molecule has 1 saturated heterocycles. The number of anilines is 1. The van der Waals surface area contributed by atoms with E-state index >= 15 is 0 Å². The van der Waals surface area contributed by atoms with Gasteiger partial charge in [-0.25, -0.2) is 14.1 Å². The molecule has 4 amide bonds. The molecule has 1 unspecified atom stereocenters. The van der Waals surface area contributed by atoms with Crippen LogP contribution in [0.25, 0.3) is 0 Å². The molecule has 0 spiro atoms. The Labute approximate surface area is 156 Å². The highest BCUT2D eigenvalue weighted by Gasteiger charge is 2.69. The van der Waals surface area contributed by atoms with Gasteiger partial charge in [-0.3, -0.25) is 14.9 Å². The van der Waals surface area contributed by atoms with Gasteiger partial charge in [-0.05, 0) is 17.7 Å². The van der Waals surface area contributed by atoms with E-state index in [2.05, 4.69) is 0 Å². The average molecular weight is 395 g/mol. The third-order valence-electron chi connectivity index (χ3n) is 4.07. The monoisotopic (exact) mass is 395 g/mol. The van der Waals surface area contributed by atoms with E-state index in [9.17, 15) is 31.9 Å². The number of carbonyl (C=O) groups is 3. The van der Waals surface area contributed by atoms with Gasteiger partial charge >= 0.3 is 12.2 Å². The van der Waals surface area contributed by atoms with Crippen molar-refractivity contribution in [2.75, 3.05) is 4.90 Å². The summed E-state index contributed by atoms with van der Waals surface area (Å²) in [4.78, 5) is 36.9. The molecule has 1 heterocycles. The van der Waals surface area contributed by atoms with Gasteiger partial charge in [-0.1, -0.05) is 42.5 Å². The average Bonchev–Trinajstić information content (AvgIpc) is 2.87. The van der Waals surface area contributed by atoms with Gasteiger partial charge in [0, 0.05) is 0 Å². The molecule has 1 atom stereocenters. The van der Waals surface area contributed by atoms with Crippen LogP contribution < -0.4 is 15.5 Å². The fraction of sp³-hybridized carbons (Fsp3) is 0.167. The molecule has 0 aromatic heterocycles. The van der Waals surface area contributed by atoms with Gasteiger partial charge < -0.3 is 5.32 Å². The summed E-state index contributed by atoms with van der Waals surface area (Å²) in [7, 11) is 0. The lowest BCUT2D eigenvalue weighted by molar-refractivity contribution is -0.201. The maximum absolute atomic E-state index is 13.9. The number of nitrogens with one attached hydrogen (secondary N) is 2. The van der Waals surface area contributed by atoms with Crippen LogP contribution in [-0.4, -0.2) is 29.7 Å². The number of hydrogen-bond donors (Lipinski definition) is 2. The number of rotatable bonds is 4. The lowest BCUT2D eigenvalue weighted by Crippen LogP contribution is -2.69. The van der Waals surface area contributed by atoms with Gasteiger partial charge in [0.1, 0.15) is 5.82 Å². The molecule has 0 aliphatic carbocycles. The van der Waals surface area contributed by atoms with E-state index in [0.29, 0.717) is 5.56 Å². The molecule has 2 aromatic rings. The zero-order valence-corrected chi connectivity index (χ0v) is 14.1. The number of imide groups is 1. The molecule has 0 saturated carbocycles. The van der Waals surface area contributed by atoms with Crippen molar-refractivity contribution in [2.45, 2.75) is 18.3 Å². The van der Waals surface area contributed by atoms with Crippen molar-refractivity contribution in [1.29, 1.82) is 0 Å².